The second-order valence-electron chi connectivity index (χ2n) is 2.85. The van der Waals surface area contributed by atoms with Gasteiger partial charge in [-0.3, -0.25) is 9.59 Å². The molecule has 3 nitrogen and oxygen atoms in total. The number of carbonyl (C=O) groups is 2. The number of para-hydroxylation sites is 1. The predicted molar refractivity (Wildman–Crippen MR) is 45.9 cm³/mol. The molecule has 0 bridgehead atoms. The van der Waals surface area contributed by atoms with Crippen LogP contribution in [0, 0.1) is 0 Å². The van der Waals surface area contributed by atoms with E-state index in [2.05, 4.69) is 0 Å². The number of fused-ring (bicyclic) bond motifs is 1. The van der Waals surface area contributed by atoms with Crippen molar-refractivity contribution in [2.75, 3.05) is 6.61 Å². The van der Waals surface area contributed by atoms with Crippen LogP contribution in [0.5, 0.6) is 5.75 Å². The van der Waals surface area contributed by atoms with Gasteiger partial charge in [0, 0.05) is 6.42 Å². The van der Waals surface area contributed by atoms with Crippen molar-refractivity contribution in [3.8, 4) is 5.75 Å². The third kappa shape index (κ3) is 1.33. The lowest BCUT2D eigenvalue weighted by molar-refractivity contribution is -0.115. The standard InChI is InChI=1S/C10H8O3/c11-8-5-6-13-9-4-2-1-3-7(9)10(8)12/h1-4H,5-6H2. The summed E-state index contributed by atoms with van der Waals surface area (Å²) in [5.41, 5.74) is 0.380. The Bertz CT molecular complexity index is 368. The Balaban J connectivity index is 2.52. The first-order valence-electron chi connectivity index (χ1n) is 4.08. The van der Waals surface area contributed by atoms with E-state index in [1.807, 2.05) is 0 Å². The van der Waals surface area contributed by atoms with Crippen LogP contribution in [0.2, 0.25) is 0 Å². The van der Waals surface area contributed by atoms with Gasteiger partial charge in [0.15, 0.2) is 0 Å². The molecule has 13 heavy (non-hydrogen) atoms. The maximum atomic E-state index is 11.4. The van der Waals surface area contributed by atoms with Crippen molar-refractivity contribution in [3.05, 3.63) is 29.8 Å². The van der Waals surface area contributed by atoms with E-state index < -0.39 is 5.78 Å². The zero-order valence-electron chi connectivity index (χ0n) is 6.95. The average molecular weight is 176 g/mol. The summed E-state index contributed by atoms with van der Waals surface area (Å²) in [6.45, 7) is 0.293. The van der Waals surface area contributed by atoms with Crippen molar-refractivity contribution in [3.63, 3.8) is 0 Å². The summed E-state index contributed by atoms with van der Waals surface area (Å²) < 4.78 is 5.25. The van der Waals surface area contributed by atoms with E-state index in [0.29, 0.717) is 17.9 Å². The molecule has 1 aromatic carbocycles. The van der Waals surface area contributed by atoms with Crippen molar-refractivity contribution in [2.24, 2.45) is 0 Å². The molecule has 0 amide bonds. The van der Waals surface area contributed by atoms with E-state index in [9.17, 15) is 9.59 Å². The van der Waals surface area contributed by atoms with Gasteiger partial charge in [-0.15, -0.1) is 0 Å². The summed E-state index contributed by atoms with van der Waals surface area (Å²) in [4.78, 5) is 22.6. The van der Waals surface area contributed by atoms with Crippen LogP contribution < -0.4 is 4.74 Å². The van der Waals surface area contributed by atoms with Crippen LogP contribution in [0.3, 0.4) is 0 Å². The highest BCUT2D eigenvalue weighted by Gasteiger charge is 2.22. The summed E-state index contributed by atoms with van der Waals surface area (Å²) in [6.07, 6.45) is 0.174. The fraction of sp³-hybridized carbons (Fsp3) is 0.200. The zero-order chi connectivity index (χ0) is 9.26. The highest BCUT2D eigenvalue weighted by molar-refractivity contribution is 6.44. The molecule has 2 rings (SSSR count). The molecule has 1 heterocycles. The van der Waals surface area contributed by atoms with E-state index in [0.717, 1.165) is 0 Å². The van der Waals surface area contributed by atoms with Gasteiger partial charge >= 0.3 is 0 Å². The Morgan fingerprint density at radius 1 is 1.15 bits per heavy atom. The molecule has 1 aliphatic rings. The summed E-state index contributed by atoms with van der Waals surface area (Å²) in [5, 5.41) is 0. The molecule has 0 aromatic heterocycles. The minimum absolute atomic E-state index is 0.174. The summed E-state index contributed by atoms with van der Waals surface area (Å²) >= 11 is 0. The van der Waals surface area contributed by atoms with E-state index >= 15 is 0 Å². The van der Waals surface area contributed by atoms with Gasteiger partial charge in [0.05, 0.1) is 12.2 Å². The van der Waals surface area contributed by atoms with Crippen LogP contribution in [0.4, 0.5) is 0 Å². The van der Waals surface area contributed by atoms with E-state index in [1.165, 1.54) is 0 Å². The third-order valence-corrected chi connectivity index (χ3v) is 1.97. The Morgan fingerprint density at radius 2 is 1.92 bits per heavy atom. The molecule has 0 spiro atoms. The minimum Gasteiger partial charge on any atom is -0.492 e. The topological polar surface area (TPSA) is 43.4 Å². The third-order valence-electron chi connectivity index (χ3n) is 1.97. The van der Waals surface area contributed by atoms with Gasteiger partial charge in [-0.2, -0.15) is 0 Å². The summed E-state index contributed by atoms with van der Waals surface area (Å²) in [6, 6.07) is 6.81. The molecular weight excluding hydrogens is 168 g/mol. The van der Waals surface area contributed by atoms with Crippen molar-refractivity contribution in [1.29, 1.82) is 0 Å². The molecule has 1 aliphatic heterocycles. The van der Waals surface area contributed by atoms with E-state index in [1.54, 1.807) is 24.3 Å². The number of rotatable bonds is 0. The van der Waals surface area contributed by atoms with Crippen LogP contribution >= 0.6 is 0 Å². The number of Topliss-reactive ketones (excluding diaryl/α,β-unsaturated/α-hetero) is 2. The van der Waals surface area contributed by atoms with Gasteiger partial charge < -0.3 is 4.74 Å². The fourth-order valence-corrected chi connectivity index (χ4v) is 1.30. The lowest BCUT2D eigenvalue weighted by Crippen LogP contribution is -2.12. The van der Waals surface area contributed by atoms with Crippen LogP contribution in [-0.2, 0) is 4.79 Å². The Hall–Kier alpha value is -1.64. The number of benzene rings is 1. The molecule has 0 unspecified atom stereocenters. The van der Waals surface area contributed by atoms with Gasteiger partial charge in [0.2, 0.25) is 11.6 Å². The van der Waals surface area contributed by atoms with Gasteiger partial charge in [-0.25, -0.2) is 0 Å². The average Bonchev–Trinajstić information content (AvgIpc) is 2.29. The van der Waals surface area contributed by atoms with Crippen LogP contribution in [0.1, 0.15) is 16.8 Å². The number of ether oxygens (including phenoxy) is 1. The zero-order valence-corrected chi connectivity index (χ0v) is 6.95. The van der Waals surface area contributed by atoms with Gasteiger partial charge in [0.25, 0.3) is 0 Å². The molecule has 0 atom stereocenters. The molecule has 0 fully saturated rings. The Labute approximate surface area is 75.3 Å². The van der Waals surface area contributed by atoms with E-state index in [-0.39, 0.29) is 12.2 Å². The highest BCUT2D eigenvalue weighted by atomic mass is 16.5. The number of hydrogen-bond acceptors (Lipinski definition) is 3. The van der Waals surface area contributed by atoms with Crippen LogP contribution in [0.25, 0.3) is 0 Å². The minimum atomic E-state index is -0.437. The molecule has 3 heteroatoms. The maximum Gasteiger partial charge on any atom is 0.232 e. The van der Waals surface area contributed by atoms with Gasteiger partial charge in [-0.05, 0) is 12.1 Å². The smallest absolute Gasteiger partial charge is 0.232 e. The molecule has 0 aliphatic carbocycles. The maximum absolute atomic E-state index is 11.4. The fourth-order valence-electron chi connectivity index (χ4n) is 1.30. The highest BCUT2D eigenvalue weighted by Crippen LogP contribution is 2.21. The SMILES string of the molecule is O=C1CCOc2ccccc2C1=O. The molecule has 0 N–H and O–H groups in total. The Kier molecular flexibility index (Phi) is 1.85. The number of carbonyl (C=O) groups excluding carboxylic acids is 2. The van der Waals surface area contributed by atoms with Crippen LogP contribution in [-0.4, -0.2) is 18.2 Å². The molecular formula is C10H8O3. The second-order valence-corrected chi connectivity index (χ2v) is 2.85. The van der Waals surface area contributed by atoms with E-state index in [4.69, 9.17) is 4.74 Å². The van der Waals surface area contributed by atoms with Gasteiger partial charge in [0.1, 0.15) is 5.75 Å². The summed E-state index contributed by atoms with van der Waals surface area (Å²) in [7, 11) is 0. The molecule has 1 aromatic rings. The molecule has 0 saturated heterocycles. The first-order chi connectivity index (χ1) is 6.29. The van der Waals surface area contributed by atoms with Crippen molar-refractivity contribution in [1.82, 2.24) is 0 Å². The lowest BCUT2D eigenvalue weighted by atomic mass is 10.1. The first-order valence-corrected chi connectivity index (χ1v) is 4.08. The monoisotopic (exact) mass is 176 g/mol. The van der Waals surface area contributed by atoms with Crippen molar-refractivity contribution in [2.45, 2.75) is 6.42 Å². The molecule has 0 saturated carbocycles. The summed E-state index contributed by atoms with van der Waals surface area (Å²) in [5.74, 6) is -0.295. The quantitative estimate of drug-likeness (QED) is 0.558. The van der Waals surface area contributed by atoms with Crippen molar-refractivity contribution >= 4 is 11.6 Å². The van der Waals surface area contributed by atoms with Crippen LogP contribution in [0.15, 0.2) is 24.3 Å². The largest absolute Gasteiger partial charge is 0.492 e. The number of ketones is 2. The van der Waals surface area contributed by atoms with Crippen molar-refractivity contribution < 1.29 is 14.3 Å². The lowest BCUT2D eigenvalue weighted by Gasteiger charge is -2.02. The Morgan fingerprint density at radius 3 is 2.77 bits per heavy atom. The first kappa shape index (κ1) is 7.98. The molecule has 0 radical (unpaired) electrons. The number of hydrogen-bond donors (Lipinski definition) is 0. The second kappa shape index (κ2) is 3.01. The van der Waals surface area contributed by atoms with Gasteiger partial charge in [-0.1, -0.05) is 12.1 Å². The molecule has 66 valence electrons. The normalized spacial score (nSPS) is 16.0. The predicted octanol–water partition coefficient (Wildman–Crippen LogP) is 1.22.